The number of hydrogen-bond acceptors (Lipinski definition) is 3. The monoisotopic (exact) mass is 319 g/mol. The Hall–Kier alpha value is -2.76. The number of alkyl halides is 3. The number of nitrogens with zero attached hydrogens (tertiary/aromatic N) is 1. The van der Waals surface area contributed by atoms with Crippen molar-refractivity contribution in [2.75, 3.05) is 6.54 Å². The minimum absolute atomic E-state index is 0.0470. The second-order valence-electron chi connectivity index (χ2n) is 5.05. The number of aliphatic imine (C=N–C) groups is 1. The maximum atomic E-state index is 12.7. The number of hydrogen-bond donors (Lipinski definition) is 2. The molecule has 1 aliphatic rings. The van der Waals surface area contributed by atoms with Crippen LogP contribution in [0.1, 0.15) is 22.3 Å². The third-order valence-corrected chi connectivity index (χ3v) is 3.57. The first-order valence-corrected chi connectivity index (χ1v) is 6.82. The number of rotatable bonds is 1. The van der Waals surface area contributed by atoms with Crippen LogP contribution in [-0.2, 0) is 6.18 Å². The van der Waals surface area contributed by atoms with E-state index in [4.69, 9.17) is 0 Å². The Morgan fingerprint density at radius 1 is 0.913 bits per heavy atom. The van der Waals surface area contributed by atoms with Crippen LogP contribution in [0.15, 0.2) is 53.5 Å². The fourth-order valence-corrected chi connectivity index (χ4v) is 2.47. The van der Waals surface area contributed by atoms with E-state index in [0.717, 1.165) is 6.07 Å². The lowest BCUT2D eigenvalue weighted by molar-refractivity contribution is -0.137. The van der Waals surface area contributed by atoms with Crippen LogP contribution in [0.4, 0.5) is 13.2 Å². The van der Waals surface area contributed by atoms with Crippen LogP contribution in [0.5, 0.6) is 5.75 Å². The Morgan fingerprint density at radius 2 is 1.61 bits per heavy atom. The molecule has 118 valence electrons. The van der Waals surface area contributed by atoms with Crippen molar-refractivity contribution in [1.29, 1.82) is 0 Å². The predicted octanol–water partition coefficient (Wildman–Crippen LogP) is 4.16. The first kappa shape index (κ1) is 15.1. The minimum atomic E-state index is -4.53. The van der Waals surface area contributed by atoms with Gasteiger partial charge in [0.15, 0.2) is 0 Å². The molecule has 23 heavy (non-hydrogen) atoms. The molecule has 2 aromatic rings. The van der Waals surface area contributed by atoms with E-state index in [2.05, 4.69) is 4.99 Å². The molecular weight excluding hydrogens is 307 g/mol. The lowest BCUT2D eigenvalue weighted by atomic mass is 9.95. The third kappa shape index (κ3) is 2.79. The Balaban J connectivity index is 2.13. The average Bonchev–Trinajstić information content (AvgIpc) is 2.66. The number of benzene rings is 2. The van der Waals surface area contributed by atoms with Crippen LogP contribution >= 0.6 is 0 Å². The van der Waals surface area contributed by atoms with Gasteiger partial charge < -0.3 is 10.2 Å². The molecule has 0 radical (unpaired) electrons. The number of aromatic hydroxyl groups is 1. The van der Waals surface area contributed by atoms with E-state index in [1.807, 2.05) is 0 Å². The number of aliphatic hydroxyl groups is 1. The van der Waals surface area contributed by atoms with Gasteiger partial charge in [0, 0.05) is 16.7 Å². The zero-order chi connectivity index (χ0) is 16.6. The van der Waals surface area contributed by atoms with Gasteiger partial charge in [-0.1, -0.05) is 24.3 Å². The van der Waals surface area contributed by atoms with Gasteiger partial charge in [-0.3, -0.25) is 4.99 Å². The van der Waals surface area contributed by atoms with E-state index in [9.17, 15) is 23.4 Å². The number of fused-ring (bicyclic) bond motifs is 1. The van der Waals surface area contributed by atoms with Crippen molar-refractivity contribution in [1.82, 2.24) is 0 Å². The maximum absolute atomic E-state index is 12.7. The van der Waals surface area contributed by atoms with Gasteiger partial charge in [0.1, 0.15) is 11.5 Å². The number of phenols is 1. The summed E-state index contributed by atoms with van der Waals surface area (Å²) in [5.41, 5.74) is 0.666. The molecule has 0 saturated carbocycles. The summed E-state index contributed by atoms with van der Waals surface area (Å²) in [5, 5.41) is 20.0. The van der Waals surface area contributed by atoms with Gasteiger partial charge in [0.05, 0.1) is 17.8 Å². The van der Waals surface area contributed by atoms with E-state index in [1.54, 1.807) is 24.3 Å². The number of phenolic OH excluding ortho intramolecular Hbond substituents is 1. The van der Waals surface area contributed by atoms with Crippen molar-refractivity contribution in [3.63, 3.8) is 0 Å². The van der Waals surface area contributed by atoms with E-state index < -0.39 is 17.5 Å². The highest BCUT2D eigenvalue weighted by Gasteiger charge is 2.31. The van der Waals surface area contributed by atoms with Crippen molar-refractivity contribution in [2.24, 2.45) is 4.99 Å². The van der Waals surface area contributed by atoms with Gasteiger partial charge in [-0.05, 0) is 24.3 Å². The molecule has 3 rings (SSSR count). The highest BCUT2D eigenvalue weighted by Crippen LogP contribution is 2.34. The van der Waals surface area contributed by atoms with E-state index in [0.29, 0.717) is 22.9 Å². The van der Waals surface area contributed by atoms with Crippen molar-refractivity contribution in [3.05, 3.63) is 70.8 Å². The predicted molar refractivity (Wildman–Crippen MR) is 80.7 cm³/mol. The highest BCUT2D eigenvalue weighted by atomic mass is 19.4. The van der Waals surface area contributed by atoms with Crippen LogP contribution in [0, 0.1) is 0 Å². The first-order valence-electron chi connectivity index (χ1n) is 6.82. The second kappa shape index (κ2) is 5.46. The molecule has 1 heterocycles. The summed E-state index contributed by atoms with van der Waals surface area (Å²) in [4.78, 5) is 4.28. The van der Waals surface area contributed by atoms with Crippen LogP contribution in [0.25, 0.3) is 5.76 Å². The smallest absolute Gasteiger partial charge is 0.416 e. The fourth-order valence-electron chi connectivity index (χ4n) is 2.47. The number of halogens is 3. The third-order valence-electron chi connectivity index (χ3n) is 3.57. The summed E-state index contributed by atoms with van der Waals surface area (Å²) >= 11 is 0. The van der Waals surface area contributed by atoms with Gasteiger partial charge in [0.2, 0.25) is 0 Å². The zero-order valence-electron chi connectivity index (χ0n) is 11.8. The molecule has 0 atom stereocenters. The van der Waals surface area contributed by atoms with Crippen LogP contribution < -0.4 is 0 Å². The largest absolute Gasteiger partial charge is 0.508 e. The van der Waals surface area contributed by atoms with Crippen LogP contribution in [-0.4, -0.2) is 22.5 Å². The summed E-state index contributed by atoms with van der Waals surface area (Å²) in [6, 6.07) is 9.61. The van der Waals surface area contributed by atoms with E-state index in [-0.39, 0.29) is 17.9 Å². The molecule has 0 aromatic heterocycles. The minimum Gasteiger partial charge on any atom is -0.508 e. The van der Waals surface area contributed by atoms with Gasteiger partial charge in [-0.2, -0.15) is 13.2 Å². The zero-order valence-corrected chi connectivity index (χ0v) is 11.8. The maximum Gasteiger partial charge on any atom is 0.416 e. The van der Waals surface area contributed by atoms with Gasteiger partial charge in [-0.25, -0.2) is 0 Å². The number of aliphatic hydroxyl groups excluding tert-OH is 1. The average molecular weight is 319 g/mol. The summed E-state index contributed by atoms with van der Waals surface area (Å²) in [6.07, 6.45) is -3.02. The SMILES string of the molecule is OC1=CCN=C(c2ccc(C(F)(F)F)cc2O)c2ccccc21. The standard InChI is InChI=1S/C17H12F3NO2/c18-17(19,20)10-5-6-13(15(23)9-10)16-12-4-2-1-3-11(12)14(22)7-8-21-16/h1-7,9,22-23H,8H2. The lowest BCUT2D eigenvalue weighted by Gasteiger charge is -2.13. The summed E-state index contributed by atoms with van der Waals surface area (Å²) < 4.78 is 38.1. The Labute approximate surface area is 130 Å². The summed E-state index contributed by atoms with van der Waals surface area (Å²) in [6.45, 7) is 0.163. The molecule has 0 unspecified atom stereocenters. The Morgan fingerprint density at radius 3 is 2.26 bits per heavy atom. The van der Waals surface area contributed by atoms with Gasteiger partial charge in [0.25, 0.3) is 0 Å². The quantitative estimate of drug-likeness (QED) is 0.829. The molecule has 1 aliphatic heterocycles. The molecule has 0 fully saturated rings. The van der Waals surface area contributed by atoms with E-state index in [1.165, 1.54) is 12.1 Å². The summed E-state index contributed by atoms with van der Waals surface area (Å²) in [5.74, 6) is -0.458. The summed E-state index contributed by atoms with van der Waals surface area (Å²) in [7, 11) is 0. The van der Waals surface area contributed by atoms with Crippen molar-refractivity contribution < 1.29 is 23.4 Å². The molecule has 2 aromatic carbocycles. The molecule has 0 amide bonds. The topological polar surface area (TPSA) is 52.8 Å². The molecule has 0 bridgehead atoms. The Kier molecular flexibility index (Phi) is 3.60. The molecule has 0 spiro atoms. The fraction of sp³-hybridized carbons (Fsp3) is 0.118. The molecular formula is C17H12F3NO2. The molecule has 6 heteroatoms. The van der Waals surface area contributed by atoms with Crippen molar-refractivity contribution in [2.45, 2.75) is 6.18 Å². The van der Waals surface area contributed by atoms with Crippen molar-refractivity contribution in [3.8, 4) is 5.75 Å². The molecule has 0 saturated heterocycles. The van der Waals surface area contributed by atoms with Crippen LogP contribution in [0.2, 0.25) is 0 Å². The second-order valence-corrected chi connectivity index (χ2v) is 5.05. The van der Waals surface area contributed by atoms with Gasteiger partial charge >= 0.3 is 6.18 Å². The molecule has 0 aliphatic carbocycles. The van der Waals surface area contributed by atoms with Crippen LogP contribution in [0.3, 0.4) is 0 Å². The lowest BCUT2D eigenvalue weighted by Crippen LogP contribution is -2.09. The van der Waals surface area contributed by atoms with E-state index >= 15 is 0 Å². The molecule has 3 nitrogen and oxygen atoms in total. The normalized spacial score (nSPS) is 14.6. The highest BCUT2D eigenvalue weighted by molar-refractivity contribution is 6.16. The molecule has 2 N–H and O–H groups in total. The Bertz CT molecular complexity index is 823. The first-order chi connectivity index (χ1) is 10.9. The van der Waals surface area contributed by atoms with Gasteiger partial charge in [-0.15, -0.1) is 0 Å². The van der Waals surface area contributed by atoms with Crippen molar-refractivity contribution >= 4 is 11.5 Å².